The zero-order valence-corrected chi connectivity index (χ0v) is 11.6. The molecule has 0 amide bonds. The molecule has 2 aromatic rings. The van der Waals surface area contributed by atoms with E-state index in [1.807, 2.05) is 0 Å². The van der Waals surface area contributed by atoms with Gasteiger partial charge in [-0.15, -0.1) is 0 Å². The van der Waals surface area contributed by atoms with Crippen LogP contribution < -0.4 is 5.32 Å². The summed E-state index contributed by atoms with van der Waals surface area (Å²) in [6, 6.07) is 11.1. The summed E-state index contributed by atoms with van der Waals surface area (Å²) in [5.74, 6) is -1.37. The first-order valence-corrected chi connectivity index (χ1v) is 6.59. The van der Waals surface area contributed by atoms with Gasteiger partial charge in [-0.25, -0.2) is 9.18 Å². The Hall–Kier alpha value is -2.56. The van der Waals surface area contributed by atoms with E-state index in [2.05, 4.69) is 5.32 Å². The Morgan fingerprint density at radius 3 is 2.62 bits per heavy atom. The summed E-state index contributed by atoms with van der Waals surface area (Å²) in [5, 5.41) is 12.6. The Bertz CT molecular complexity index is 626. The van der Waals surface area contributed by atoms with E-state index in [1.54, 1.807) is 37.3 Å². The molecule has 0 fully saturated rings. The summed E-state index contributed by atoms with van der Waals surface area (Å²) in [4.78, 5) is 11.5. The topological polar surface area (TPSA) is 58.6 Å². The van der Waals surface area contributed by atoms with Gasteiger partial charge >= 0.3 is 5.97 Å². The van der Waals surface area contributed by atoms with E-state index in [9.17, 15) is 14.3 Å². The summed E-state index contributed by atoms with van der Waals surface area (Å²) < 4.78 is 18.1. The molecule has 0 aromatic heterocycles. The lowest BCUT2D eigenvalue weighted by Crippen LogP contribution is -2.05. The summed E-state index contributed by atoms with van der Waals surface area (Å²) in [6.45, 7) is 2.36. The van der Waals surface area contributed by atoms with Crippen molar-refractivity contribution >= 4 is 11.7 Å². The number of carbonyl (C=O) groups is 1. The highest BCUT2D eigenvalue weighted by atomic mass is 19.1. The third kappa shape index (κ3) is 3.72. The predicted octanol–water partition coefficient (Wildman–Crippen LogP) is 3.32. The SMILES string of the molecule is CCOC(=O)c1ccc(NCc2cccc(F)c2O)cc1. The van der Waals surface area contributed by atoms with Gasteiger partial charge in [-0.3, -0.25) is 0 Å². The van der Waals surface area contributed by atoms with Gasteiger partial charge < -0.3 is 15.2 Å². The quantitative estimate of drug-likeness (QED) is 0.829. The summed E-state index contributed by atoms with van der Waals surface area (Å²) in [7, 11) is 0. The second-order valence-electron chi connectivity index (χ2n) is 4.40. The van der Waals surface area contributed by atoms with E-state index in [0.717, 1.165) is 5.69 Å². The van der Waals surface area contributed by atoms with Crippen LogP contribution in [-0.2, 0) is 11.3 Å². The fourth-order valence-electron chi connectivity index (χ4n) is 1.84. The molecule has 0 radical (unpaired) electrons. The Morgan fingerprint density at radius 2 is 1.95 bits per heavy atom. The van der Waals surface area contributed by atoms with Gasteiger partial charge in [0.25, 0.3) is 0 Å². The molecule has 0 saturated heterocycles. The maximum absolute atomic E-state index is 13.2. The minimum atomic E-state index is -0.646. The molecule has 110 valence electrons. The molecule has 2 N–H and O–H groups in total. The zero-order chi connectivity index (χ0) is 15.2. The number of nitrogens with one attached hydrogen (secondary N) is 1. The van der Waals surface area contributed by atoms with Crippen LogP contribution in [0.5, 0.6) is 5.75 Å². The Balaban J connectivity index is 2.01. The Labute approximate surface area is 122 Å². The van der Waals surface area contributed by atoms with Crippen molar-refractivity contribution in [2.75, 3.05) is 11.9 Å². The van der Waals surface area contributed by atoms with Gasteiger partial charge in [0, 0.05) is 17.8 Å². The smallest absolute Gasteiger partial charge is 0.338 e. The van der Waals surface area contributed by atoms with Crippen LogP contribution >= 0.6 is 0 Å². The number of rotatable bonds is 5. The molecule has 2 rings (SSSR count). The fourth-order valence-corrected chi connectivity index (χ4v) is 1.84. The van der Waals surface area contributed by atoms with Gasteiger partial charge in [-0.1, -0.05) is 12.1 Å². The van der Waals surface area contributed by atoms with Crippen LogP contribution in [0, 0.1) is 5.82 Å². The Kier molecular flexibility index (Phi) is 4.77. The monoisotopic (exact) mass is 289 g/mol. The van der Waals surface area contributed by atoms with Gasteiger partial charge in [0.1, 0.15) is 0 Å². The van der Waals surface area contributed by atoms with Crippen LogP contribution in [0.15, 0.2) is 42.5 Å². The molecule has 0 aliphatic rings. The highest BCUT2D eigenvalue weighted by Crippen LogP contribution is 2.22. The average molecular weight is 289 g/mol. The lowest BCUT2D eigenvalue weighted by Gasteiger charge is -2.09. The number of hydrogen-bond donors (Lipinski definition) is 2. The van der Waals surface area contributed by atoms with E-state index in [4.69, 9.17) is 4.74 Å². The number of aromatic hydroxyl groups is 1. The van der Waals surface area contributed by atoms with Crippen LogP contribution in [-0.4, -0.2) is 17.7 Å². The van der Waals surface area contributed by atoms with E-state index < -0.39 is 5.82 Å². The standard InChI is InChI=1S/C16H16FNO3/c1-2-21-16(20)11-6-8-13(9-7-11)18-10-12-4-3-5-14(17)15(12)19/h3-9,18-19H,2,10H2,1H3. The van der Waals surface area contributed by atoms with Crippen molar-refractivity contribution in [3.8, 4) is 5.75 Å². The molecule has 21 heavy (non-hydrogen) atoms. The van der Waals surface area contributed by atoms with Crippen molar-refractivity contribution in [2.45, 2.75) is 13.5 Å². The molecular weight excluding hydrogens is 273 g/mol. The third-order valence-electron chi connectivity index (χ3n) is 2.95. The number of phenols is 1. The maximum atomic E-state index is 13.2. The fraction of sp³-hybridized carbons (Fsp3) is 0.188. The minimum Gasteiger partial charge on any atom is -0.505 e. The van der Waals surface area contributed by atoms with Gasteiger partial charge in [0.15, 0.2) is 11.6 Å². The first-order valence-electron chi connectivity index (χ1n) is 6.59. The van der Waals surface area contributed by atoms with Crippen molar-refractivity contribution in [1.29, 1.82) is 0 Å². The average Bonchev–Trinajstić information content (AvgIpc) is 2.49. The number of benzene rings is 2. The van der Waals surface area contributed by atoms with Crippen molar-refractivity contribution in [3.05, 3.63) is 59.4 Å². The number of halogens is 1. The van der Waals surface area contributed by atoms with Crippen molar-refractivity contribution < 1.29 is 19.0 Å². The van der Waals surface area contributed by atoms with Crippen LogP contribution in [0.3, 0.4) is 0 Å². The summed E-state index contributed by atoms with van der Waals surface area (Å²) >= 11 is 0. The number of esters is 1. The van der Waals surface area contributed by atoms with E-state index in [-0.39, 0.29) is 18.3 Å². The van der Waals surface area contributed by atoms with Crippen molar-refractivity contribution in [3.63, 3.8) is 0 Å². The van der Waals surface area contributed by atoms with Crippen molar-refractivity contribution in [2.24, 2.45) is 0 Å². The molecule has 0 aliphatic carbocycles. The lowest BCUT2D eigenvalue weighted by atomic mass is 10.1. The predicted molar refractivity (Wildman–Crippen MR) is 77.8 cm³/mol. The minimum absolute atomic E-state index is 0.280. The molecule has 0 aliphatic heterocycles. The molecule has 4 nitrogen and oxygen atoms in total. The van der Waals surface area contributed by atoms with Gasteiger partial charge in [-0.05, 0) is 37.3 Å². The van der Waals surface area contributed by atoms with Gasteiger partial charge in [-0.2, -0.15) is 0 Å². The first-order chi connectivity index (χ1) is 10.1. The van der Waals surface area contributed by atoms with E-state index in [0.29, 0.717) is 17.7 Å². The van der Waals surface area contributed by atoms with Gasteiger partial charge in [0.2, 0.25) is 0 Å². The molecule has 0 spiro atoms. The molecule has 5 heteroatoms. The third-order valence-corrected chi connectivity index (χ3v) is 2.95. The van der Waals surface area contributed by atoms with Crippen LogP contribution in [0.4, 0.5) is 10.1 Å². The summed E-state index contributed by atoms with van der Waals surface area (Å²) in [5.41, 5.74) is 1.69. The highest BCUT2D eigenvalue weighted by molar-refractivity contribution is 5.89. The number of ether oxygens (including phenoxy) is 1. The van der Waals surface area contributed by atoms with E-state index in [1.165, 1.54) is 12.1 Å². The largest absolute Gasteiger partial charge is 0.505 e. The molecule has 0 unspecified atom stereocenters. The molecule has 2 aromatic carbocycles. The molecule has 0 heterocycles. The number of para-hydroxylation sites is 1. The number of phenolic OH excluding ortho intramolecular Hbond substituents is 1. The van der Waals surface area contributed by atoms with Crippen LogP contribution in [0.25, 0.3) is 0 Å². The second kappa shape index (κ2) is 6.74. The van der Waals surface area contributed by atoms with Crippen LogP contribution in [0.2, 0.25) is 0 Å². The molecular formula is C16H16FNO3. The summed E-state index contributed by atoms with van der Waals surface area (Å²) in [6.07, 6.45) is 0. The Morgan fingerprint density at radius 1 is 1.24 bits per heavy atom. The number of anilines is 1. The molecule has 0 saturated carbocycles. The number of carbonyl (C=O) groups excluding carboxylic acids is 1. The first kappa shape index (κ1) is 14.8. The maximum Gasteiger partial charge on any atom is 0.338 e. The van der Waals surface area contributed by atoms with Gasteiger partial charge in [0.05, 0.1) is 12.2 Å². The number of hydrogen-bond acceptors (Lipinski definition) is 4. The molecule has 0 bridgehead atoms. The van der Waals surface area contributed by atoms with Crippen molar-refractivity contribution in [1.82, 2.24) is 0 Å². The normalized spacial score (nSPS) is 10.2. The highest BCUT2D eigenvalue weighted by Gasteiger charge is 2.07. The zero-order valence-electron chi connectivity index (χ0n) is 11.6. The van der Waals surface area contributed by atoms with E-state index >= 15 is 0 Å². The van der Waals surface area contributed by atoms with Crippen LogP contribution in [0.1, 0.15) is 22.8 Å². The second-order valence-corrected chi connectivity index (χ2v) is 4.40. The lowest BCUT2D eigenvalue weighted by molar-refractivity contribution is 0.0526. The molecule has 0 atom stereocenters.